The fourth-order valence-electron chi connectivity index (χ4n) is 1.68. The summed E-state index contributed by atoms with van der Waals surface area (Å²) in [6.45, 7) is 2.07. The van der Waals surface area contributed by atoms with Crippen LogP contribution >= 0.6 is 0 Å². The number of nitriles is 1. The Kier molecular flexibility index (Phi) is 2.20. The molecule has 0 unspecified atom stereocenters. The quantitative estimate of drug-likeness (QED) is 0.662. The van der Waals surface area contributed by atoms with Crippen molar-refractivity contribution < 1.29 is 0 Å². The first kappa shape index (κ1) is 8.77. The number of rotatable bonds is 1. The predicted molar refractivity (Wildman–Crippen MR) is 58.0 cm³/mol. The zero-order valence-corrected chi connectivity index (χ0v) is 8.12. The Balaban J connectivity index is 2.77. The molecule has 0 N–H and O–H groups in total. The van der Waals surface area contributed by atoms with Gasteiger partial charge in [-0.2, -0.15) is 5.26 Å². The number of aryl methyl sites for hydroxylation is 1. The van der Waals surface area contributed by atoms with E-state index in [1.165, 1.54) is 5.39 Å². The highest BCUT2D eigenvalue weighted by Crippen LogP contribution is 2.19. The van der Waals surface area contributed by atoms with Crippen LogP contribution in [0, 0.1) is 11.3 Å². The highest BCUT2D eigenvalue weighted by molar-refractivity contribution is 5.84. The summed E-state index contributed by atoms with van der Waals surface area (Å²) < 4.78 is 0. The van der Waals surface area contributed by atoms with E-state index in [2.05, 4.69) is 25.1 Å². The van der Waals surface area contributed by atoms with Crippen molar-refractivity contribution in [1.29, 1.82) is 5.26 Å². The number of fused-ring (bicyclic) bond motifs is 1. The Labute approximate surface area is 83.6 Å². The molecule has 0 amide bonds. The minimum atomic E-state index is 0.797. The van der Waals surface area contributed by atoms with E-state index in [9.17, 15) is 0 Å². The van der Waals surface area contributed by atoms with Gasteiger partial charge in [-0.25, -0.2) is 0 Å². The van der Waals surface area contributed by atoms with Gasteiger partial charge in [0.15, 0.2) is 0 Å². The van der Waals surface area contributed by atoms with Gasteiger partial charge in [-0.3, -0.25) is 0 Å². The van der Waals surface area contributed by atoms with E-state index < -0.39 is 0 Å². The van der Waals surface area contributed by atoms with Crippen LogP contribution in [-0.2, 0) is 6.42 Å². The summed E-state index contributed by atoms with van der Waals surface area (Å²) in [5.41, 5.74) is 1.93. The van der Waals surface area contributed by atoms with Crippen molar-refractivity contribution in [3.63, 3.8) is 0 Å². The van der Waals surface area contributed by atoms with Gasteiger partial charge in [0.2, 0.25) is 0 Å². The van der Waals surface area contributed by atoms with E-state index in [1.54, 1.807) is 0 Å². The lowest BCUT2D eigenvalue weighted by molar-refractivity contribution is 1.13. The van der Waals surface area contributed by atoms with Gasteiger partial charge in [-0.05, 0) is 34.9 Å². The molecule has 0 aliphatic heterocycles. The van der Waals surface area contributed by atoms with Crippen LogP contribution in [0.2, 0.25) is 0 Å². The SMILES string of the molecule is CCc1cc2ccccc2cc1C#N. The van der Waals surface area contributed by atoms with Crippen LogP contribution in [0.1, 0.15) is 18.1 Å². The molecule has 0 bridgehead atoms. The summed E-state index contributed by atoms with van der Waals surface area (Å²) in [5.74, 6) is 0. The number of hydrogen-bond donors (Lipinski definition) is 0. The summed E-state index contributed by atoms with van der Waals surface area (Å²) in [4.78, 5) is 0. The molecule has 2 aromatic rings. The average Bonchev–Trinajstić information content (AvgIpc) is 2.27. The molecule has 0 heterocycles. The molecule has 0 aromatic heterocycles. The molecular weight excluding hydrogens is 170 g/mol. The third-order valence-electron chi connectivity index (χ3n) is 2.47. The highest BCUT2D eigenvalue weighted by atomic mass is 14.2. The summed E-state index contributed by atoms with van der Waals surface area (Å²) >= 11 is 0. The Bertz CT molecular complexity index is 506. The molecular formula is C13H11N. The van der Waals surface area contributed by atoms with Crippen molar-refractivity contribution in [1.82, 2.24) is 0 Å². The monoisotopic (exact) mass is 181 g/mol. The highest BCUT2D eigenvalue weighted by Gasteiger charge is 2.01. The largest absolute Gasteiger partial charge is 0.192 e. The molecule has 0 atom stereocenters. The molecule has 0 saturated carbocycles. The number of benzene rings is 2. The smallest absolute Gasteiger partial charge is 0.0994 e. The first-order valence-electron chi connectivity index (χ1n) is 4.77. The lowest BCUT2D eigenvalue weighted by Gasteiger charge is -2.03. The van der Waals surface area contributed by atoms with Gasteiger partial charge < -0.3 is 0 Å². The second kappa shape index (κ2) is 3.51. The molecule has 2 rings (SSSR count). The standard InChI is InChI=1S/C13H11N/c1-2-10-7-11-5-3-4-6-12(11)8-13(10)9-14/h3-8H,2H2,1H3. The Morgan fingerprint density at radius 3 is 2.36 bits per heavy atom. The van der Waals surface area contributed by atoms with Crippen molar-refractivity contribution in [3.8, 4) is 6.07 Å². The van der Waals surface area contributed by atoms with Crippen molar-refractivity contribution in [2.75, 3.05) is 0 Å². The second-order valence-electron chi connectivity index (χ2n) is 3.32. The van der Waals surface area contributed by atoms with E-state index in [-0.39, 0.29) is 0 Å². The minimum absolute atomic E-state index is 0.797. The van der Waals surface area contributed by atoms with Crippen LogP contribution in [0.25, 0.3) is 10.8 Å². The maximum atomic E-state index is 8.96. The van der Waals surface area contributed by atoms with Gasteiger partial charge in [0.05, 0.1) is 11.6 Å². The molecule has 2 aromatic carbocycles. The van der Waals surface area contributed by atoms with Crippen LogP contribution in [0.5, 0.6) is 0 Å². The fourth-order valence-corrected chi connectivity index (χ4v) is 1.68. The van der Waals surface area contributed by atoms with Gasteiger partial charge in [-0.1, -0.05) is 31.2 Å². The summed E-state index contributed by atoms with van der Waals surface area (Å²) in [7, 11) is 0. The zero-order chi connectivity index (χ0) is 9.97. The topological polar surface area (TPSA) is 23.8 Å². The molecule has 1 heteroatoms. The van der Waals surface area contributed by atoms with E-state index in [0.29, 0.717) is 0 Å². The van der Waals surface area contributed by atoms with E-state index in [4.69, 9.17) is 5.26 Å². The molecule has 1 nitrogen and oxygen atoms in total. The van der Waals surface area contributed by atoms with Crippen LogP contribution in [-0.4, -0.2) is 0 Å². The number of hydrogen-bond acceptors (Lipinski definition) is 1. The predicted octanol–water partition coefficient (Wildman–Crippen LogP) is 3.27. The third kappa shape index (κ3) is 1.36. The second-order valence-corrected chi connectivity index (χ2v) is 3.32. The number of nitrogens with zero attached hydrogens (tertiary/aromatic N) is 1. The molecule has 0 spiro atoms. The zero-order valence-electron chi connectivity index (χ0n) is 8.12. The lowest BCUT2D eigenvalue weighted by Crippen LogP contribution is -1.87. The van der Waals surface area contributed by atoms with Crippen LogP contribution in [0.4, 0.5) is 0 Å². The van der Waals surface area contributed by atoms with Gasteiger partial charge in [0.25, 0.3) is 0 Å². The Morgan fingerprint density at radius 1 is 1.14 bits per heavy atom. The van der Waals surface area contributed by atoms with E-state index in [1.807, 2.05) is 24.3 Å². The maximum absolute atomic E-state index is 8.96. The molecule has 14 heavy (non-hydrogen) atoms. The van der Waals surface area contributed by atoms with Gasteiger partial charge >= 0.3 is 0 Å². The van der Waals surface area contributed by atoms with Crippen molar-refractivity contribution >= 4 is 10.8 Å². The van der Waals surface area contributed by atoms with Gasteiger partial charge in [-0.15, -0.1) is 0 Å². The lowest BCUT2D eigenvalue weighted by atomic mass is 10.0. The van der Waals surface area contributed by atoms with E-state index in [0.717, 1.165) is 22.9 Å². The van der Waals surface area contributed by atoms with Crippen LogP contribution < -0.4 is 0 Å². The van der Waals surface area contributed by atoms with Crippen LogP contribution in [0.3, 0.4) is 0 Å². The van der Waals surface area contributed by atoms with Crippen LogP contribution in [0.15, 0.2) is 36.4 Å². The molecule has 0 radical (unpaired) electrons. The van der Waals surface area contributed by atoms with Crippen molar-refractivity contribution in [3.05, 3.63) is 47.5 Å². The molecule has 0 saturated heterocycles. The average molecular weight is 181 g/mol. The summed E-state index contributed by atoms with van der Waals surface area (Å²) in [5, 5.41) is 11.3. The first-order chi connectivity index (χ1) is 6.85. The van der Waals surface area contributed by atoms with E-state index >= 15 is 0 Å². The minimum Gasteiger partial charge on any atom is -0.192 e. The first-order valence-corrected chi connectivity index (χ1v) is 4.77. The fraction of sp³-hybridized carbons (Fsp3) is 0.154. The molecule has 0 aliphatic carbocycles. The summed E-state index contributed by atoms with van der Waals surface area (Å²) in [6.07, 6.45) is 0.910. The Morgan fingerprint density at radius 2 is 1.79 bits per heavy atom. The Hall–Kier alpha value is -1.81. The molecule has 68 valence electrons. The van der Waals surface area contributed by atoms with Crippen molar-refractivity contribution in [2.45, 2.75) is 13.3 Å². The van der Waals surface area contributed by atoms with Gasteiger partial charge in [0.1, 0.15) is 0 Å². The molecule has 0 fully saturated rings. The summed E-state index contributed by atoms with van der Waals surface area (Å²) in [6, 6.07) is 14.4. The van der Waals surface area contributed by atoms with Crippen molar-refractivity contribution in [2.24, 2.45) is 0 Å². The van der Waals surface area contributed by atoms with Gasteiger partial charge in [0, 0.05) is 0 Å². The third-order valence-corrected chi connectivity index (χ3v) is 2.47. The normalized spacial score (nSPS) is 10.0. The molecule has 0 aliphatic rings. The maximum Gasteiger partial charge on any atom is 0.0994 e.